The van der Waals surface area contributed by atoms with E-state index in [-0.39, 0.29) is 6.10 Å². The summed E-state index contributed by atoms with van der Waals surface area (Å²) in [6, 6.07) is 0. The summed E-state index contributed by atoms with van der Waals surface area (Å²) in [4.78, 5) is 0. The number of rotatable bonds is 5. The predicted molar refractivity (Wildman–Crippen MR) is 122 cm³/mol. The molecule has 3 N–H and O–H groups in total. The third-order valence-electron chi connectivity index (χ3n) is 8.65. The summed E-state index contributed by atoms with van der Waals surface area (Å²) in [6.07, 6.45) is 16.9. The quantitative estimate of drug-likeness (QED) is 0.551. The fourth-order valence-electron chi connectivity index (χ4n) is 6.63. The van der Waals surface area contributed by atoms with Gasteiger partial charge in [-0.2, -0.15) is 0 Å². The van der Waals surface area contributed by atoms with Crippen LogP contribution in [0.1, 0.15) is 71.6 Å². The minimum atomic E-state index is -0.621. The van der Waals surface area contributed by atoms with E-state index in [1.165, 1.54) is 44.1 Å². The molecule has 0 amide bonds. The first-order valence-electron chi connectivity index (χ1n) is 12.1. The highest BCUT2D eigenvalue weighted by Gasteiger charge is 2.50. The molecular weight excluding hydrogens is 372 g/mol. The van der Waals surface area contributed by atoms with Gasteiger partial charge in [0.1, 0.15) is 0 Å². The molecule has 4 aliphatic rings. The number of aliphatic hydroxyl groups is 3. The largest absolute Gasteiger partial charge is 0.393 e. The lowest BCUT2D eigenvalue weighted by Crippen LogP contribution is -2.35. The summed E-state index contributed by atoms with van der Waals surface area (Å²) in [7, 11) is 0. The fourth-order valence-corrected chi connectivity index (χ4v) is 6.63. The van der Waals surface area contributed by atoms with Crippen molar-refractivity contribution in [2.24, 2.45) is 29.1 Å². The molecule has 3 heteroatoms. The smallest absolute Gasteiger partial charge is 0.0811 e. The van der Waals surface area contributed by atoms with Gasteiger partial charge in [0.2, 0.25) is 0 Å². The molecule has 0 bridgehead atoms. The standard InChI is InChI=1S/C27H40O3/c1-17(6-13-25(29)20-8-9-20)23-11-12-24-19(5-4-14-27(23,24)3)7-10-21-15-22(28)16-26(30)18(21)2/h6-7,10,13,17,20,22-26,28-30H,2,4-5,8-9,11-12,14-16H2,1,3H3/b13-6+,19-7+,21-10-/t17-,22+,23-,24+,25-,26+,27-/m1/s1. The number of hydrogen-bond donors (Lipinski definition) is 3. The van der Waals surface area contributed by atoms with Crippen molar-refractivity contribution in [3.05, 3.63) is 47.6 Å². The van der Waals surface area contributed by atoms with Crippen LogP contribution in [0.15, 0.2) is 47.6 Å². The Labute approximate surface area is 182 Å². The lowest BCUT2D eigenvalue weighted by Gasteiger charge is -2.44. The van der Waals surface area contributed by atoms with E-state index in [9.17, 15) is 15.3 Å². The summed E-state index contributed by atoms with van der Waals surface area (Å²) in [5.74, 6) is 2.28. The summed E-state index contributed by atoms with van der Waals surface area (Å²) < 4.78 is 0. The molecule has 4 saturated carbocycles. The van der Waals surface area contributed by atoms with Crippen LogP contribution in [-0.4, -0.2) is 33.6 Å². The average molecular weight is 413 g/mol. The number of hydrogen-bond acceptors (Lipinski definition) is 3. The van der Waals surface area contributed by atoms with Crippen molar-refractivity contribution in [1.82, 2.24) is 0 Å². The maximum atomic E-state index is 10.2. The minimum Gasteiger partial charge on any atom is -0.393 e. The molecule has 0 spiro atoms. The van der Waals surface area contributed by atoms with Gasteiger partial charge in [-0.25, -0.2) is 0 Å². The first-order valence-corrected chi connectivity index (χ1v) is 12.1. The van der Waals surface area contributed by atoms with Crippen molar-refractivity contribution in [2.45, 2.75) is 89.9 Å². The molecule has 166 valence electrons. The number of allylic oxidation sites excluding steroid dienone is 4. The van der Waals surface area contributed by atoms with E-state index >= 15 is 0 Å². The van der Waals surface area contributed by atoms with Crippen LogP contribution in [-0.2, 0) is 0 Å². The van der Waals surface area contributed by atoms with Gasteiger partial charge in [-0.3, -0.25) is 0 Å². The van der Waals surface area contributed by atoms with Gasteiger partial charge < -0.3 is 15.3 Å². The van der Waals surface area contributed by atoms with Crippen molar-refractivity contribution in [3.8, 4) is 0 Å². The van der Waals surface area contributed by atoms with Gasteiger partial charge in [0.05, 0.1) is 18.3 Å². The van der Waals surface area contributed by atoms with Gasteiger partial charge in [0, 0.05) is 6.42 Å². The summed E-state index contributed by atoms with van der Waals surface area (Å²) in [5, 5.41) is 30.4. The van der Waals surface area contributed by atoms with Gasteiger partial charge in [-0.15, -0.1) is 0 Å². The van der Waals surface area contributed by atoms with Gasteiger partial charge in [-0.05, 0) is 91.6 Å². The summed E-state index contributed by atoms with van der Waals surface area (Å²) in [5.41, 5.74) is 3.63. The average Bonchev–Trinajstić information content (AvgIpc) is 3.49. The number of fused-ring (bicyclic) bond motifs is 1. The molecule has 30 heavy (non-hydrogen) atoms. The van der Waals surface area contributed by atoms with Gasteiger partial charge in [0.25, 0.3) is 0 Å². The second-order valence-corrected chi connectivity index (χ2v) is 10.7. The van der Waals surface area contributed by atoms with Crippen LogP contribution in [0.5, 0.6) is 0 Å². The summed E-state index contributed by atoms with van der Waals surface area (Å²) >= 11 is 0. The van der Waals surface area contributed by atoms with E-state index in [1.807, 2.05) is 0 Å². The van der Waals surface area contributed by atoms with Crippen molar-refractivity contribution in [3.63, 3.8) is 0 Å². The van der Waals surface area contributed by atoms with Crippen LogP contribution in [0.25, 0.3) is 0 Å². The van der Waals surface area contributed by atoms with Crippen molar-refractivity contribution >= 4 is 0 Å². The molecule has 4 aliphatic carbocycles. The molecule has 7 atom stereocenters. The van der Waals surface area contributed by atoms with Crippen molar-refractivity contribution in [1.29, 1.82) is 0 Å². The van der Waals surface area contributed by atoms with E-state index in [0.29, 0.717) is 41.9 Å². The zero-order chi connectivity index (χ0) is 21.5. The fraction of sp³-hybridized carbons (Fsp3) is 0.704. The molecule has 0 unspecified atom stereocenters. The van der Waals surface area contributed by atoms with Gasteiger partial charge in [0.15, 0.2) is 0 Å². The van der Waals surface area contributed by atoms with Crippen LogP contribution in [0, 0.1) is 29.1 Å². The molecule has 0 heterocycles. The van der Waals surface area contributed by atoms with Crippen LogP contribution in [0.2, 0.25) is 0 Å². The normalized spacial score (nSPS) is 42.1. The maximum absolute atomic E-state index is 10.2. The third kappa shape index (κ3) is 4.40. The Bertz CT molecular complexity index is 743. The van der Waals surface area contributed by atoms with Gasteiger partial charge >= 0.3 is 0 Å². The van der Waals surface area contributed by atoms with Crippen molar-refractivity contribution < 1.29 is 15.3 Å². The zero-order valence-corrected chi connectivity index (χ0v) is 18.8. The third-order valence-corrected chi connectivity index (χ3v) is 8.65. The highest BCUT2D eigenvalue weighted by molar-refractivity contribution is 5.38. The molecule has 0 saturated heterocycles. The van der Waals surface area contributed by atoms with E-state index in [0.717, 1.165) is 17.6 Å². The minimum absolute atomic E-state index is 0.250. The second kappa shape index (κ2) is 8.76. The van der Waals surface area contributed by atoms with E-state index in [2.05, 4.69) is 44.7 Å². The molecular formula is C27H40O3. The second-order valence-electron chi connectivity index (χ2n) is 10.7. The molecule has 0 aliphatic heterocycles. The number of aliphatic hydroxyl groups excluding tert-OH is 3. The summed E-state index contributed by atoms with van der Waals surface area (Å²) in [6.45, 7) is 8.88. The lowest BCUT2D eigenvalue weighted by molar-refractivity contribution is 0.0862. The van der Waals surface area contributed by atoms with E-state index in [1.54, 1.807) is 0 Å². The Balaban J connectivity index is 1.48. The zero-order valence-electron chi connectivity index (χ0n) is 18.8. The molecule has 4 fully saturated rings. The Morgan fingerprint density at radius 2 is 1.87 bits per heavy atom. The Morgan fingerprint density at radius 3 is 2.60 bits per heavy atom. The van der Waals surface area contributed by atoms with Gasteiger partial charge in [-0.1, -0.05) is 50.3 Å². The molecule has 0 radical (unpaired) electrons. The molecule has 0 aromatic carbocycles. The highest BCUT2D eigenvalue weighted by atomic mass is 16.3. The lowest BCUT2D eigenvalue weighted by atomic mass is 9.61. The molecule has 3 nitrogen and oxygen atoms in total. The highest BCUT2D eigenvalue weighted by Crippen LogP contribution is 2.59. The Hall–Kier alpha value is -1.16. The first kappa shape index (κ1) is 22.0. The molecule has 4 rings (SSSR count). The first-order chi connectivity index (χ1) is 14.3. The molecule has 0 aromatic heterocycles. The predicted octanol–water partition coefficient (Wildman–Crippen LogP) is 5.09. The topological polar surface area (TPSA) is 60.7 Å². The maximum Gasteiger partial charge on any atom is 0.0811 e. The Kier molecular flexibility index (Phi) is 6.44. The van der Waals surface area contributed by atoms with Crippen molar-refractivity contribution in [2.75, 3.05) is 0 Å². The van der Waals surface area contributed by atoms with E-state index < -0.39 is 12.2 Å². The van der Waals surface area contributed by atoms with Crippen LogP contribution in [0.3, 0.4) is 0 Å². The van der Waals surface area contributed by atoms with Crippen LogP contribution in [0.4, 0.5) is 0 Å². The Morgan fingerprint density at radius 1 is 1.10 bits per heavy atom. The molecule has 0 aromatic rings. The van der Waals surface area contributed by atoms with E-state index in [4.69, 9.17) is 0 Å². The monoisotopic (exact) mass is 412 g/mol. The van der Waals surface area contributed by atoms with Crippen LogP contribution >= 0.6 is 0 Å². The van der Waals surface area contributed by atoms with Crippen LogP contribution < -0.4 is 0 Å². The SMILES string of the molecule is C=C1/C(=C\C=C2/CCC[C@]3(C)[C@@H]([C@H](C)/C=C/[C@@H](O)C4CC4)CC[C@@H]23)C[C@H](O)C[C@@H]1O.